The van der Waals surface area contributed by atoms with Crippen LogP contribution in [0.1, 0.15) is 36.4 Å². The number of halogens is 1. The molecule has 0 fully saturated rings. The molecule has 0 bridgehead atoms. The third-order valence-corrected chi connectivity index (χ3v) is 3.87. The number of nitrogens with one attached hydrogen (secondary N) is 1. The van der Waals surface area contributed by atoms with E-state index in [2.05, 4.69) is 21.2 Å². The van der Waals surface area contributed by atoms with Gasteiger partial charge in [0.25, 0.3) is 0 Å². The zero-order chi connectivity index (χ0) is 13.0. The van der Waals surface area contributed by atoms with Crippen LogP contribution in [-0.2, 0) is 11.2 Å². The van der Waals surface area contributed by atoms with Gasteiger partial charge >= 0.3 is 0 Å². The number of benzene rings is 1. The van der Waals surface area contributed by atoms with Crippen LogP contribution in [-0.4, -0.2) is 22.4 Å². The van der Waals surface area contributed by atoms with Crippen molar-refractivity contribution in [2.75, 3.05) is 5.33 Å². The summed E-state index contributed by atoms with van der Waals surface area (Å²) in [6, 6.07) is 7.66. The summed E-state index contributed by atoms with van der Waals surface area (Å²) in [7, 11) is 0. The number of aliphatic hydroxyl groups excluding tert-OH is 1. The number of amides is 1. The van der Waals surface area contributed by atoms with Crippen molar-refractivity contribution >= 4 is 21.8 Å². The second-order valence-corrected chi connectivity index (χ2v) is 5.45. The number of hydrogen-bond donors (Lipinski definition) is 2. The molecule has 18 heavy (non-hydrogen) atoms. The predicted molar refractivity (Wildman–Crippen MR) is 74.7 cm³/mol. The number of fused-ring (bicyclic) bond motifs is 1. The van der Waals surface area contributed by atoms with Crippen LogP contribution >= 0.6 is 15.9 Å². The van der Waals surface area contributed by atoms with Crippen LogP contribution < -0.4 is 5.32 Å². The first-order valence-electron chi connectivity index (χ1n) is 6.33. The van der Waals surface area contributed by atoms with Crippen molar-refractivity contribution in [2.45, 2.75) is 37.8 Å². The second kappa shape index (κ2) is 6.34. The molecule has 0 saturated carbocycles. The molecule has 98 valence electrons. The van der Waals surface area contributed by atoms with Gasteiger partial charge in [-0.05, 0) is 24.0 Å². The van der Waals surface area contributed by atoms with Crippen molar-refractivity contribution in [3.8, 4) is 0 Å². The largest absolute Gasteiger partial charge is 0.390 e. The van der Waals surface area contributed by atoms with Gasteiger partial charge in [-0.2, -0.15) is 0 Å². The van der Waals surface area contributed by atoms with Crippen molar-refractivity contribution in [2.24, 2.45) is 0 Å². The maximum absolute atomic E-state index is 11.8. The van der Waals surface area contributed by atoms with E-state index in [0.29, 0.717) is 12.8 Å². The number of alkyl halides is 1. The van der Waals surface area contributed by atoms with Crippen molar-refractivity contribution in [1.29, 1.82) is 0 Å². The van der Waals surface area contributed by atoms with Gasteiger partial charge in [0.2, 0.25) is 5.91 Å². The van der Waals surface area contributed by atoms with Crippen molar-refractivity contribution in [3.63, 3.8) is 0 Å². The van der Waals surface area contributed by atoms with Gasteiger partial charge in [0.15, 0.2) is 0 Å². The molecule has 1 aliphatic rings. The zero-order valence-corrected chi connectivity index (χ0v) is 11.8. The average molecular weight is 312 g/mol. The van der Waals surface area contributed by atoms with E-state index in [9.17, 15) is 9.90 Å². The van der Waals surface area contributed by atoms with Crippen molar-refractivity contribution < 1.29 is 9.90 Å². The van der Waals surface area contributed by atoms with E-state index in [4.69, 9.17) is 0 Å². The summed E-state index contributed by atoms with van der Waals surface area (Å²) in [5.41, 5.74) is 2.19. The Labute approximate surface area is 116 Å². The molecule has 1 aromatic carbocycles. The fraction of sp³-hybridized carbons (Fsp3) is 0.500. The highest BCUT2D eigenvalue weighted by molar-refractivity contribution is 9.09. The Kier molecular flexibility index (Phi) is 4.78. The Hall–Kier alpha value is -0.870. The monoisotopic (exact) mass is 311 g/mol. The molecule has 4 heteroatoms. The number of hydrogen-bond acceptors (Lipinski definition) is 2. The van der Waals surface area contributed by atoms with E-state index in [1.165, 1.54) is 0 Å². The summed E-state index contributed by atoms with van der Waals surface area (Å²) in [6.07, 6.45) is 2.53. The van der Waals surface area contributed by atoms with E-state index in [1.807, 2.05) is 24.3 Å². The third kappa shape index (κ3) is 3.12. The maximum atomic E-state index is 11.8. The van der Waals surface area contributed by atoms with Gasteiger partial charge < -0.3 is 10.4 Å². The summed E-state index contributed by atoms with van der Waals surface area (Å²) in [6.45, 7) is 0. The van der Waals surface area contributed by atoms with Gasteiger partial charge in [-0.3, -0.25) is 4.79 Å². The number of carbonyl (C=O) groups excluding carboxylic acids is 1. The van der Waals surface area contributed by atoms with Crippen molar-refractivity contribution in [1.82, 2.24) is 5.32 Å². The molecule has 2 atom stereocenters. The minimum Gasteiger partial charge on any atom is -0.390 e. The highest BCUT2D eigenvalue weighted by Gasteiger charge is 2.31. The third-order valence-electron chi connectivity index (χ3n) is 3.31. The highest BCUT2D eigenvalue weighted by atomic mass is 79.9. The van der Waals surface area contributed by atoms with Gasteiger partial charge in [-0.15, -0.1) is 0 Å². The molecule has 0 aliphatic heterocycles. The molecule has 0 aromatic heterocycles. The summed E-state index contributed by atoms with van der Waals surface area (Å²) < 4.78 is 0. The summed E-state index contributed by atoms with van der Waals surface area (Å²) in [5.74, 6) is 0.0247. The van der Waals surface area contributed by atoms with Crippen LogP contribution in [0.25, 0.3) is 0 Å². The Morgan fingerprint density at radius 1 is 1.39 bits per heavy atom. The first-order valence-corrected chi connectivity index (χ1v) is 7.45. The van der Waals surface area contributed by atoms with Gasteiger partial charge in [-0.25, -0.2) is 0 Å². The molecule has 1 amide bonds. The summed E-state index contributed by atoms with van der Waals surface area (Å²) in [5, 5.41) is 13.9. The SMILES string of the molecule is O=C(CCCCBr)N[C@@H]1c2ccccc2C[C@@H]1O. The number of aliphatic hydroxyl groups is 1. The summed E-state index contributed by atoms with van der Waals surface area (Å²) in [4.78, 5) is 11.8. The van der Waals surface area contributed by atoms with Crippen LogP contribution in [0.4, 0.5) is 0 Å². The van der Waals surface area contributed by atoms with Crippen LogP contribution in [0.15, 0.2) is 24.3 Å². The highest BCUT2D eigenvalue weighted by Crippen LogP contribution is 2.31. The van der Waals surface area contributed by atoms with E-state index in [0.717, 1.165) is 29.3 Å². The molecular formula is C14H18BrNO2. The lowest BCUT2D eigenvalue weighted by atomic mass is 10.1. The van der Waals surface area contributed by atoms with Crippen LogP contribution in [0.3, 0.4) is 0 Å². The lowest BCUT2D eigenvalue weighted by Gasteiger charge is -2.17. The normalized spacial score (nSPS) is 21.7. The molecule has 2 rings (SSSR count). The fourth-order valence-electron chi connectivity index (χ4n) is 2.37. The maximum Gasteiger partial charge on any atom is 0.220 e. The molecule has 3 nitrogen and oxygen atoms in total. The Morgan fingerprint density at radius 3 is 2.94 bits per heavy atom. The van der Waals surface area contributed by atoms with Gasteiger partial charge in [0.1, 0.15) is 0 Å². The first kappa shape index (κ1) is 13.6. The molecule has 1 aromatic rings. The molecule has 2 N–H and O–H groups in total. The van der Waals surface area contributed by atoms with E-state index in [1.54, 1.807) is 0 Å². The van der Waals surface area contributed by atoms with Gasteiger partial charge in [0.05, 0.1) is 12.1 Å². The quantitative estimate of drug-likeness (QED) is 0.647. The van der Waals surface area contributed by atoms with Crippen LogP contribution in [0, 0.1) is 0 Å². The smallest absolute Gasteiger partial charge is 0.220 e. The zero-order valence-electron chi connectivity index (χ0n) is 10.2. The second-order valence-electron chi connectivity index (χ2n) is 4.66. The van der Waals surface area contributed by atoms with Crippen LogP contribution in [0.2, 0.25) is 0 Å². The predicted octanol–water partition coefficient (Wildman–Crippen LogP) is 2.33. The number of carbonyl (C=O) groups is 1. The number of unbranched alkanes of at least 4 members (excludes halogenated alkanes) is 1. The van der Waals surface area contributed by atoms with Gasteiger partial charge in [0, 0.05) is 18.2 Å². The lowest BCUT2D eigenvalue weighted by molar-refractivity contribution is -0.122. The standard InChI is InChI=1S/C14H18BrNO2/c15-8-4-3-7-13(18)16-14-11-6-2-1-5-10(11)9-12(14)17/h1-2,5-6,12,14,17H,3-4,7-9H2,(H,16,18)/t12-,14+/m0/s1. The molecule has 0 heterocycles. The fourth-order valence-corrected chi connectivity index (χ4v) is 2.77. The van der Waals surface area contributed by atoms with E-state index >= 15 is 0 Å². The molecule has 0 unspecified atom stereocenters. The molecule has 0 saturated heterocycles. The van der Waals surface area contributed by atoms with Crippen LogP contribution in [0.5, 0.6) is 0 Å². The minimum atomic E-state index is -0.498. The van der Waals surface area contributed by atoms with E-state index < -0.39 is 6.10 Å². The Morgan fingerprint density at radius 2 is 2.17 bits per heavy atom. The Balaban J connectivity index is 1.95. The van der Waals surface area contributed by atoms with E-state index in [-0.39, 0.29) is 11.9 Å². The molecule has 0 radical (unpaired) electrons. The Bertz CT molecular complexity index is 422. The summed E-state index contributed by atoms with van der Waals surface area (Å²) >= 11 is 3.35. The lowest BCUT2D eigenvalue weighted by Crippen LogP contribution is -2.33. The van der Waals surface area contributed by atoms with Gasteiger partial charge in [-0.1, -0.05) is 40.2 Å². The first-order chi connectivity index (χ1) is 8.72. The molecular weight excluding hydrogens is 294 g/mol. The molecule has 0 spiro atoms. The minimum absolute atomic E-state index is 0.0247. The molecule has 1 aliphatic carbocycles. The van der Waals surface area contributed by atoms with Crippen molar-refractivity contribution in [3.05, 3.63) is 35.4 Å². The topological polar surface area (TPSA) is 49.3 Å². The number of rotatable bonds is 5. The average Bonchev–Trinajstić information content (AvgIpc) is 2.67.